The highest BCUT2D eigenvalue weighted by Gasteiger charge is 2.34. The molecule has 0 spiro atoms. The first-order valence-corrected chi connectivity index (χ1v) is 15.2. The fourth-order valence-corrected chi connectivity index (χ4v) is 6.32. The van der Waals surface area contributed by atoms with Gasteiger partial charge in [-0.3, -0.25) is 14.4 Å². The Labute approximate surface area is 248 Å². The molecule has 3 amide bonds. The summed E-state index contributed by atoms with van der Waals surface area (Å²) in [4.78, 5) is 42.9. The number of nitrogens with two attached hydrogens (primary N) is 1. The van der Waals surface area contributed by atoms with E-state index in [1.807, 2.05) is 50.5 Å². The summed E-state index contributed by atoms with van der Waals surface area (Å²) in [6.07, 6.45) is 6.66. The van der Waals surface area contributed by atoms with Gasteiger partial charge in [0.15, 0.2) is 0 Å². The van der Waals surface area contributed by atoms with Crippen LogP contribution in [0.5, 0.6) is 0 Å². The number of nitrogens with zero attached hydrogens (tertiary/aromatic N) is 2. The van der Waals surface area contributed by atoms with Crippen LogP contribution in [0.3, 0.4) is 0 Å². The van der Waals surface area contributed by atoms with Crippen molar-refractivity contribution in [3.05, 3.63) is 71.3 Å². The van der Waals surface area contributed by atoms with Gasteiger partial charge in [-0.1, -0.05) is 30.7 Å². The molecule has 1 heterocycles. The van der Waals surface area contributed by atoms with Gasteiger partial charge in [-0.25, -0.2) is 4.90 Å². The van der Waals surface area contributed by atoms with E-state index in [1.54, 1.807) is 18.2 Å². The highest BCUT2D eigenvalue weighted by atomic mass is 16.2. The molecule has 3 aromatic rings. The molecular weight excluding hydrogens is 526 g/mol. The summed E-state index contributed by atoms with van der Waals surface area (Å²) in [7, 11) is 4.03. The van der Waals surface area contributed by atoms with E-state index in [4.69, 9.17) is 5.73 Å². The minimum absolute atomic E-state index is 0.0243. The van der Waals surface area contributed by atoms with Crippen LogP contribution in [0.15, 0.2) is 54.6 Å². The summed E-state index contributed by atoms with van der Waals surface area (Å²) in [5, 5.41) is 8.19. The molecule has 0 saturated heterocycles. The molecule has 8 heteroatoms. The SMILES string of the molecule is CN(C)CCCNC(=O)CCc1ccc(N2C(=O)c3cccc4c(NCC5CCCC(CN)C5)ccc(c34)C2=O)cc1. The Morgan fingerprint density at radius 3 is 2.45 bits per heavy atom. The van der Waals surface area contributed by atoms with Crippen molar-refractivity contribution in [2.45, 2.75) is 44.9 Å². The first kappa shape index (κ1) is 29.7. The molecule has 2 unspecified atom stereocenters. The second kappa shape index (κ2) is 13.5. The maximum Gasteiger partial charge on any atom is 0.265 e. The number of hydrogen-bond acceptors (Lipinski definition) is 6. The molecule has 0 bridgehead atoms. The highest BCUT2D eigenvalue weighted by Crippen LogP contribution is 2.37. The van der Waals surface area contributed by atoms with Crippen molar-refractivity contribution in [2.75, 3.05) is 50.5 Å². The van der Waals surface area contributed by atoms with Gasteiger partial charge in [-0.05, 0) is 107 Å². The second-order valence-electron chi connectivity index (χ2n) is 12.0. The predicted molar refractivity (Wildman–Crippen MR) is 169 cm³/mol. The number of carbonyl (C=O) groups excluding carboxylic acids is 3. The fourth-order valence-electron chi connectivity index (χ4n) is 6.32. The number of aryl methyl sites for hydroxylation is 1. The quantitative estimate of drug-likeness (QED) is 0.213. The summed E-state index contributed by atoms with van der Waals surface area (Å²) in [5.41, 5.74) is 9.45. The van der Waals surface area contributed by atoms with E-state index in [0.717, 1.165) is 49.1 Å². The molecule has 42 heavy (non-hydrogen) atoms. The van der Waals surface area contributed by atoms with Gasteiger partial charge in [0, 0.05) is 47.1 Å². The molecule has 0 radical (unpaired) electrons. The van der Waals surface area contributed by atoms with Crippen LogP contribution < -0.4 is 21.3 Å². The van der Waals surface area contributed by atoms with Crippen molar-refractivity contribution in [3.8, 4) is 0 Å². The third-order valence-electron chi connectivity index (χ3n) is 8.65. The predicted octanol–water partition coefficient (Wildman–Crippen LogP) is 4.82. The minimum Gasteiger partial charge on any atom is -0.384 e. The zero-order chi connectivity index (χ0) is 29.6. The van der Waals surface area contributed by atoms with Crippen molar-refractivity contribution < 1.29 is 14.4 Å². The van der Waals surface area contributed by atoms with Crippen LogP contribution in [0.1, 0.15) is 64.8 Å². The fraction of sp³-hybridized carbons (Fsp3) is 0.441. The number of benzene rings is 3. The Morgan fingerprint density at radius 2 is 1.71 bits per heavy atom. The second-order valence-corrected chi connectivity index (χ2v) is 12.0. The zero-order valence-corrected chi connectivity index (χ0v) is 24.8. The van der Waals surface area contributed by atoms with Crippen molar-refractivity contribution in [1.29, 1.82) is 0 Å². The first-order chi connectivity index (χ1) is 20.4. The minimum atomic E-state index is -0.321. The first-order valence-electron chi connectivity index (χ1n) is 15.2. The van der Waals surface area contributed by atoms with E-state index in [1.165, 1.54) is 24.2 Å². The number of carbonyl (C=O) groups is 3. The standard InChI is InChI=1S/C34H43N5O3/c1-38(2)19-5-18-36-31(40)17-12-23-10-13-26(14-11-23)39-33(41)28-9-4-8-27-30(16-15-29(32(27)28)34(39)42)37-22-25-7-3-6-24(20-25)21-35/h4,8-11,13-16,24-25,37H,3,5-7,12,17-22,35H2,1-2H3,(H,36,40). The normalized spacial score (nSPS) is 18.5. The Kier molecular flexibility index (Phi) is 9.55. The molecule has 2 aliphatic rings. The molecule has 2 atom stereocenters. The molecule has 222 valence electrons. The van der Waals surface area contributed by atoms with Gasteiger partial charge in [0.2, 0.25) is 5.91 Å². The van der Waals surface area contributed by atoms with E-state index in [9.17, 15) is 14.4 Å². The maximum atomic E-state index is 13.7. The van der Waals surface area contributed by atoms with Crippen LogP contribution in [0, 0.1) is 11.8 Å². The van der Waals surface area contributed by atoms with E-state index >= 15 is 0 Å². The Morgan fingerprint density at radius 1 is 0.976 bits per heavy atom. The van der Waals surface area contributed by atoms with E-state index in [-0.39, 0.29) is 17.7 Å². The van der Waals surface area contributed by atoms with Crippen LogP contribution in [-0.4, -0.2) is 62.9 Å². The molecule has 1 aliphatic heterocycles. The van der Waals surface area contributed by atoms with Crippen LogP contribution in [0.4, 0.5) is 11.4 Å². The van der Waals surface area contributed by atoms with Crippen LogP contribution >= 0.6 is 0 Å². The number of hydrogen-bond donors (Lipinski definition) is 3. The molecule has 1 saturated carbocycles. The Bertz CT molecular complexity index is 1410. The summed E-state index contributed by atoms with van der Waals surface area (Å²) >= 11 is 0. The van der Waals surface area contributed by atoms with Gasteiger partial charge in [-0.2, -0.15) is 0 Å². The zero-order valence-electron chi connectivity index (χ0n) is 24.8. The summed E-state index contributed by atoms with van der Waals surface area (Å²) < 4.78 is 0. The van der Waals surface area contributed by atoms with Gasteiger partial charge in [-0.15, -0.1) is 0 Å². The topological polar surface area (TPSA) is 108 Å². The number of amides is 3. The number of rotatable bonds is 12. The molecule has 0 aromatic heterocycles. The van der Waals surface area contributed by atoms with Crippen molar-refractivity contribution in [3.63, 3.8) is 0 Å². The van der Waals surface area contributed by atoms with E-state index in [0.29, 0.717) is 53.4 Å². The summed E-state index contributed by atoms with van der Waals surface area (Å²) in [5.74, 6) is 0.551. The summed E-state index contributed by atoms with van der Waals surface area (Å²) in [6.45, 7) is 3.20. The lowest BCUT2D eigenvalue weighted by atomic mass is 9.81. The third kappa shape index (κ3) is 6.66. The van der Waals surface area contributed by atoms with Gasteiger partial charge < -0.3 is 21.3 Å². The smallest absolute Gasteiger partial charge is 0.265 e. The van der Waals surface area contributed by atoms with Gasteiger partial charge in [0.1, 0.15) is 0 Å². The monoisotopic (exact) mass is 569 g/mol. The van der Waals surface area contributed by atoms with E-state index in [2.05, 4.69) is 15.5 Å². The number of anilines is 2. The molecule has 8 nitrogen and oxygen atoms in total. The van der Waals surface area contributed by atoms with Gasteiger partial charge in [0.25, 0.3) is 11.8 Å². The lowest BCUT2D eigenvalue weighted by Gasteiger charge is -2.30. The lowest BCUT2D eigenvalue weighted by Crippen LogP contribution is -2.40. The maximum absolute atomic E-state index is 13.7. The number of nitrogens with one attached hydrogen (secondary N) is 2. The van der Waals surface area contributed by atoms with Gasteiger partial charge in [0.05, 0.1) is 5.69 Å². The highest BCUT2D eigenvalue weighted by molar-refractivity contribution is 6.36. The van der Waals surface area contributed by atoms with Crippen LogP contribution in [0.2, 0.25) is 0 Å². The van der Waals surface area contributed by atoms with Crippen molar-refractivity contribution in [1.82, 2.24) is 10.2 Å². The molecule has 1 aliphatic carbocycles. The van der Waals surface area contributed by atoms with Crippen LogP contribution in [0.25, 0.3) is 10.8 Å². The molecule has 4 N–H and O–H groups in total. The Hall–Kier alpha value is -3.75. The average Bonchev–Trinajstić information content (AvgIpc) is 3.00. The Balaban J connectivity index is 1.26. The third-order valence-corrected chi connectivity index (χ3v) is 8.65. The molecule has 3 aromatic carbocycles. The van der Waals surface area contributed by atoms with Gasteiger partial charge >= 0.3 is 0 Å². The van der Waals surface area contributed by atoms with E-state index < -0.39 is 0 Å². The molecule has 5 rings (SSSR count). The van der Waals surface area contributed by atoms with Crippen molar-refractivity contribution in [2.24, 2.45) is 17.6 Å². The van der Waals surface area contributed by atoms with Crippen molar-refractivity contribution >= 4 is 39.9 Å². The molecule has 1 fully saturated rings. The molecular formula is C34H43N5O3. The largest absolute Gasteiger partial charge is 0.384 e. The number of imide groups is 1. The lowest BCUT2D eigenvalue weighted by molar-refractivity contribution is -0.121. The van der Waals surface area contributed by atoms with Crippen LogP contribution in [-0.2, 0) is 11.2 Å². The average molecular weight is 570 g/mol. The summed E-state index contributed by atoms with van der Waals surface area (Å²) in [6, 6.07) is 16.8.